The standard InChI is InChI=1S/C29H57NO2/c1-3-5-7-9-11-12-13-14-15-16-17-18-19-20-22-24-26-32-28-29(30)27-31-25-23-21-10-8-6-4-2/h11-12,14-15,29H,3-10,13,16-28,30H2,1-2H3/b12-11-,15-14-. The second-order valence-electron chi connectivity index (χ2n) is 9.26. The molecule has 0 aromatic rings. The maximum Gasteiger partial charge on any atom is 0.0640 e. The quantitative estimate of drug-likeness (QED) is 0.106. The summed E-state index contributed by atoms with van der Waals surface area (Å²) in [7, 11) is 0. The van der Waals surface area contributed by atoms with Crippen LogP contribution in [0.15, 0.2) is 24.3 Å². The number of rotatable bonds is 26. The Hall–Kier alpha value is -0.640. The Kier molecular flexibility index (Phi) is 27.8. The van der Waals surface area contributed by atoms with E-state index in [1.165, 1.54) is 96.3 Å². The molecule has 32 heavy (non-hydrogen) atoms. The fourth-order valence-electron chi connectivity index (χ4n) is 3.69. The van der Waals surface area contributed by atoms with Gasteiger partial charge in [-0.05, 0) is 44.9 Å². The summed E-state index contributed by atoms with van der Waals surface area (Å²) in [6, 6.07) is 0.0136. The molecular formula is C29H57NO2. The van der Waals surface area contributed by atoms with Gasteiger partial charge in [-0.1, -0.05) is 109 Å². The zero-order chi connectivity index (χ0) is 23.4. The van der Waals surface area contributed by atoms with Crippen LogP contribution in [-0.4, -0.2) is 32.5 Å². The van der Waals surface area contributed by atoms with E-state index in [-0.39, 0.29) is 6.04 Å². The van der Waals surface area contributed by atoms with Crippen molar-refractivity contribution in [3.05, 3.63) is 24.3 Å². The third-order valence-electron chi connectivity index (χ3n) is 5.80. The van der Waals surface area contributed by atoms with Gasteiger partial charge in [0, 0.05) is 13.2 Å². The van der Waals surface area contributed by atoms with E-state index in [4.69, 9.17) is 15.2 Å². The minimum absolute atomic E-state index is 0.0136. The molecule has 0 heterocycles. The number of nitrogens with two attached hydrogens (primary N) is 1. The van der Waals surface area contributed by atoms with Crippen LogP contribution in [0.4, 0.5) is 0 Å². The van der Waals surface area contributed by atoms with Crippen LogP contribution in [0, 0.1) is 0 Å². The highest BCUT2D eigenvalue weighted by molar-refractivity contribution is 4.92. The van der Waals surface area contributed by atoms with E-state index in [0.29, 0.717) is 13.2 Å². The second kappa shape index (κ2) is 28.4. The summed E-state index contributed by atoms with van der Waals surface area (Å²) in [6.07, 6.45) is 32.4. The van der Waals surface area contributed by atoms with E-state index in [2.05, 4.69) is 38.2 Å². The number of ether oxygens (including phenoxy) is 2. The number of unbranched alkanes of at least 4 members (excludes halogenated alkanes) is 14. The van der Waals surface area contributed by atoms with Crippen LogP contribution in [-0.2, 0) is 9.47 Å². The van der Waals surface area contributed by atoms with Crippen molar-refractivity contribution in [3.8, 4) is 0 Å². The lowest BCUT2D eigenvalue weighted by atomic mass is 10.1. The molecule has 2 N–H and O–H groups in total. The van der Waals surface area contributed by atoms with E-state index in [0.717, 1.165) is 32.5 Å². The minimum atomic E-state index is 0.0136. The normalized spacial score (nSPS) is 13.0. The van der Waals surface area contributed by atoms with Crippen molar-refractivity contribution >= 4 is 0 Å². The van der Waals surface area contributed by atoms with Crippen LogP contribution in [0.25, 0.3) is 0 Å². The molecule has 0 fully saturated rings. The minimum Gasteiger partial charge on any atom is -0.380 e. The summed E-state index contributed by atoms with van der Waals surface area (Å²) in [4.78, 5) is 0. The SMILES string of the molecule is CCCCC/C=C\C/C=C\CCCCCCCCOCC(N)COCCCCCCCC. The number of hydrogen-bond donors (Lipinski definition) is 1. The fourth-order valence-corrected chi connectivity index (χ4v) is 3.69. The maximum absolute atomic E-state index is 6.07. The van der Waals surface area contributed by atoms with E-state index in [1.54, 1.807) is 0 Å². The summed E-state index contributed by atoms with van der Waals surface area (Å²) in [5, 5.41) is 0. The van der Waals surface area contributed by atoms with Gasteiger partial charge in [-0.25, -0.2) is 0 Å². The first kappa shape index (κ1) is 31.4. The first-order chi connectivity index (χ1) is 15.8. The molecule has 0 saturated heterocycles. The van der Waals surface area contributed by atoms with E-state index >= 15 is 0 Å². The molecule has 1 unspecified atom stereocenters. The van der Waals surface area contributed by atoms with Crippen molar-refractivity contribution in [1.82, 2.24) is 0 Å². The van der Waals surface area contributed by atoms with Gasteiger partial charge >= 0.3 is 0 Å². The van der Waals surface area contributed by atoms with Crippen LogP contribution < -0.4 is 5.73 Å². The van der Waals surface area contributed by atoms with Crippen LogP contribution in [0.2, 0.25) is 0 Å². The average molecular weight is 452 g/mol. The van der Waals surface area contributed by atoms with Gasteiger partial charge in [-0.2, -0.15) is 0 Å². The van der Waals surface area contributed by atoms with Crippen molar-refractivity contribution in [3.63, 3.8) is 0 Å². The Bertz CT molecular complexity index is 395. The molecule has 1 atom stereocenters. The Morgan fingerprint density at radius 3 is 1.47 bits per heavy atom. The molecule has 190 valence electrons. The lowest BCUT2D eigenvalue weighted by Crippen LogP contribution is -2.31. The van der Waals surface area contributed by atoms with E-state index in [1.807, 2.05) is 0 Å². The van der Waals surface area contributed by atoms with Crippen molar-refractivity contribution in [1.29, 1.82) is 0 Å². The molecule has 0 aromatic carbocycles. The number of hydrogen-bond acceptors (Lipinski definition) is 3. The highest BCUT2D eigenvalue weighted by Gasteiger charge is 2.03. The van der Waals surface area contributed by atoms with Crippen LogP contribution in [0.1, 0.15) is 129 Å². The predicted molar refractivity (Wildman–Crippen MR) is 142 cm³/mol. The van der Waals surface area contributed by atoms with Gasteiger partial charge in [0.05, 0.1) is 19.3 Å². The molecule has 0 saturated carbocycles. The fraction of sp³-hybridized carbons (Fsp3) is 0.862. The van der Waals surface area contributed by atoms with Crippen LogP contribution in [0.5, 0.6) is 0 Å². The van der Waals surface area contributed by atoms with Crippen molar-refractivity contribution in [2.75, 3.05) is 26.4 Å². The summed E-state index contributed by atoms with van der Waals surface area (Å²) < 4.78 is 11.4. The molecule has 0 rings (SSSR count). The monoisotopic (exact) mass is 451 g/mol. The Balaban J connectivity index is 3.21. The van der Waals surface area contributed by atoms with Gasteiger partial charge in [0.1, 0.15) is 0 Å². The van der Waals surface area contributed by atoms with Gasteiger partial charge < -0.3 is 15.2 Å². The van der Waals surface area contributed by atoms with Gasteiger partial charge in [0.2, 0.25) is 0 Å². The number of allylic oxidation sites excluding steroid dienone is 4. The summed E-state index contributed by atoms with van der Waals surface area (Å²) in [6.45, 7) is 7.43. The van der Waals surface area contributed by atoms with Crippen LogP contribution >= 0.6 is 0 Å². The van der Waals surface area contributed by atoms with Crippen LogP contribution in [0.3, 0.4) is 0 Å². The molecule has 0 amide bonds. The Morgan fingerprint density at radius 1 is 0.531 bits per heavy atom. The highest BCUT2D eigenvalue weighted by atomic mass is 16.5. The molecule has 0 bridgehead atoms. The molecule has 3 heteroatoms. The first-order valence-electron chi connectivity index (χ1n) is 14.0. The Labute approximate surface area is 201 Å². The summed E-state index contributed by atoms with van der Waals surface area (Å²) in [5.74, 6) is 0. The maximum atomic E-state index is 6.07. The van der Waals surface area contributed by atoms with Gasteiger partial charge in [-0.15, -0.1) is 0 Å². The smallest absolute Gasteiger partial charge is 0.0640 e. The first-order valence-corrected chi connectivity index (χ1v) is 14.0. The van der Waals surface area contributed by atoms with Gasteiger partial charge in [-0.3, -0.25) is 0 Å². The molecule has 0 aliphatic rings. The molecule has 0 aliphatic carbocycles. The average Bonchev–Trinajstić information content (AvgIpc) is 2.80. The molecule has 0 radical (unpaired) electrons. The third kappa shape index (κ3) is 27.4. The zero-order valence-corrected chi connectivity index (χ0v) is 21.8. The third-order valence-corrected chi connectivity index (χ3v) is 5.80. The molecule has 0 spiro atoms. The van der Waals surface area contributed by atoms with E-state index in [9.17, 15) is 0 Å². The molecule has 3 nitrogen and oxygen atoms in total. The Morgan fingerprint density at radius 2 is 0.938 bits per heavy atom. The van der Waals surface area contributed by atoms with Gasteiger partial charge in [0.25, 0.3) is 0 Å². The van der Waals surface area contributed by atoms with E-state index < -0.39 is 0 Å². The van der Waals surface area contributed by atoms with Gasteiger partial charge in [0.15, 0.2) is 0 Å². The zero-order valence-electron chi connectivity index (χ0n) is 21.8. The van der Waals surface area contributed by atoms with Crippen molar-refractivity contribution < 1.29 is 9.47 Å². The van der Waals surface area contributed by atoms with Crippen molar-refractivity contribution in [2.45, 2.75) is 135 Å². The molecule has 0 aliphatic heterocycles. The largest absolute Gasteiger partial charge is 0.380 e. The summed E-state index contributed by atoms with van der Waals surface area (Å²) in [5.41, 5.74) is 6.07. The lowest BCUT2D eigenvalue weighted by Gasteiger charge is -2.12. The van der Waals surface area contributed by atoms with Crippen molar-refractivity contribution in [2.24, 2.45) is 5.73 Å². The second-order valence-corrected chi connectivity index (χ2v) is 9.26. The predicted octanol–water partition coefficient (Wildman–Crippen LogP) is 8.52. The molecular weight excluding hydrogens is 394 g/mol. The molecule has 0 aromatic heterocycles. The highest BCUT2D eigenvalue weighted by Crippen LogP contribution is 2.08. The topological polar surface area (TPSA) is 44.5 Å². The summed E-state index contributed by atoms with van der Waals surface area (Å²) >= 11 is 0. The lowest BCUT2D eigenvalue weighted by molar-refractivity contribution is 0.0645.